The molecule has 42 heteroatoms. The van der Waals surface area contributed by atoms with Crippen molar-refractivity contribution in [2.24, 2.45) is 0 Å². The van der Waals surface area contributed by atoms with Crippen LogP contribution in [-0.2, 0) is 128 Å². The van der Waals surface area contributed by atoms with Gasteiger partial charge in [-0.25, -0.2) is 0 Å². The first-order valence-corrected chi connectivity index (χ1v) is 39.2. The smallest absolute Gasteiger partial charge is 0.222 e. The zero-order valence-electron chi connectivity index (χ0n) is 67.0. The standard InChI is InChI=1S/C73H131N5O37/c1-48(2)111-45-55(88)41-75-59(89)11-10-54(87)40-73(112-20-13-53(86)9-7-17-98-23-26-101-29-32-104-35-38-109-71-62(77-50(4)83)68(95)65(92)57(43-80)114-71,46-106-18-12-52(85)8-6-16-97-22-25-100-28-31-103-34-37-108-70-61(76-49(3)82)67(94)64(91)56(42-79)113-70)47-107-19-14-60(90)74-15-21-99-24-27-102-30-33-105-36-39-110-72-63(78-51(5)84)69(96)66(93)58(44-81)115-72/h48,55-58,61-72,79-81,88,91-96H,6-47H2,1-5H3,(H,74,90)(H,75,89)(H,76,82)(H,77,83)(H,78,84)/t55?,56?,57?,58?,61?,62?,63?,64-,65-,66-,67+,68+,69+,70+,71+,72+,73?/m0/s1. The molecule has 0 spiro atoms. The lowest BCUT2D eigenvalue weighted by Gasteiger charge is -2.42. The summed E-state index contributed by atoms with van der Waals surface area (Å²) in [5.74, 6) is -3.15. The molecule has 3 saturated heterocycles. The first kappa shape index (κ1) is 104. The molecule has 0 aliphatic carbocycles. The highest BCUT2D eigenvalue weighted by Gasteiger charge is 2.48. The van der Waals surface area contributed by atoms with Gasteiger partial charge in [0.2, 0.25) is 29.5 Å². The summed E-state index contributed by atoms with van der Waals surface area (Å²) in [6, 6.07) is -3.25. The van der Waals surface area contributed by atoms with Gasteiger partial charge < -0.3 is 168 Å². The molecule has 42 nitrogen and oxygen atoms in total. The Balaban J connectivity index is 1.50. The van der Waals surface area contributed by atoms with E-state index in [0.29, 0.717) is 12.8 Å². The molecule has 3 rings (SSSR count). The van der Waals surface area contributed by atoms with Crippen LogP contribution in [-0.4, -0.2) is 419 Å². The zero-order valence-corrected chi connectivity index (χ0v) is 67.0. The zero-order chi connectivity index (χ0) is 84.6. The molecule has 8 unspecified atom stereocenters. The lowest BCUT2D eigenvalue weighted by Crippen LogP contribution is -2.64. The molecule has 3 aliphatic heterocycles. The van der Waals surface area contributed by atoms with Crippen LogP contribution < -0.4 is 26.6 Å². The number of carbonyl (C=O) groups is 8. The molecule has 3 aliphatic rings. The summed E-state index contributed by atoms with van der Waals surface area (Å²) in [7, 11) is 0. The van der Waals surface area contributed by atoms with Gasteiger partial charge in [-0.05, 0) is 26.7 Å². The Bertz CT molecular complexity index is 2540. The minimum atomic E-state index is -1.59. The lowest BCUT2D eigenvalue weighted by atomic mass is 9.95. The monoisotopic (exact) mass is 1670 g/mol. The quantitative estimate of drug-likeness (QED) is 0.0252. The van der Waals surface area contributed by atoms with Gasteiger partial charge in [0.25, 0.3) is 0 Å². The molecule has 0 radical (unpaired) electrons. The van der Waals surface area contributed by atoms with E-state index in [-0.39, 0.29) is 261 Å². The number of hydrogen-bond donors (Lipinski definition) is 15. The summed E-state index contributed by atoms with van der Waals surface area (Å²) in [5, 5.41) is 114. The molecule has 0 saturated carbocycles. The predicted molar refractivity (Wildman–Crippen MR) is 396 cm³/mol. The molecule has 15 N–H and O–H groups in total. The van der Waals surface area contributed by atoms with Crippen LogP contribution in [0.5, 0.6) is 0 Å². The number of aliphatic hydroxyl groups is 10. The maximum absolute atomic E-state index is 13.9. The topological polar surface area (TPSA) is 574 Å². The van der Waals surface area contributed by atoms with Crippen molar-refractivity contribution in [1.29, 1.82) is 0 Å². The highest BCUT2D eigenvalue weighted by Crippen LogP contribution is 2.26. The van der Waals surface area contributed by atoms with Crippen molar-refractivity contribution in [3.8, 4) is 0 Å². The molecule has 0 aromatic rings. The summed E-state index contributed by atoms with van der Waals surface area (Å²) < 4.78 is 107. The first-order valence-electron chi connectivity index (χ1n) is 39.2. The second kappa shape index (κ2) is 63.2. The Morgan fingerprint density at radius 1 is 0.374 bits per heavy atom. The first-order chi connectivity index (χ1) is 55.2. The average molecular weight is 1670 g/mol. The van der Waals surface area contributed by atoms with Crippen molar-refractivity contribution in [1.82, 2.24) is 26.6 Å². The highest BCUT2D eigenvalue weighted by molar-refractivity contribution is 5.85. The number of ketones is 3. The minimum absolute atomic E-state index is 0.00377. The lowest BCUT2D eigenvalue weighted by molar-refractivity contribution is -0.272. The van der Waals surface area contributed by atoms with Crippen molar-refractivity contribution in [2.75, 3.05) is 211 Å². The van der Waals surface area contributed by atoms with Gasteiger partial charge in [-0.1, -0.05) is 0 Å². The van der Waals surface area contributed by atoms with Crippen LogP contribution in [0.3, 0.4) is 0 Å². The normalized spacial score (nSPS) is 24.4. The van der Waals surface area contributed by atoms with Gasteiger partial charge in [0.05, 0.1) is 197 Å². The van der Waals surface area contributed by atoms with Gasteiger partial charge in [-0.15, -0.1) is 0 Å². The van der Waals surface area contributed by atoms with E-state index in [9.17, 15) is 89.4 Å². The largest absolute Gasteiger partial charge is 0.394 e. The van der Waals surface area contributed by atoms with Crippen molar-refractivity contribution in [3.05, 3.63) is 0 Å². The second-order valence-corrected chi connectivity index (χ2v) is 27.5. The minimum Gasteiger partial charge on any atom is -0.394 e. The predicted octanol–water partition coefficient (Wildman–Crippen LogP) is -6.57. The van der Waals surface area contributed by atoms with Crippen LogP contribution in [0.2, 0.25) is 0 Å². The maximum atomic E-state index is 13.9. The fourth-order valence-electron chi connectivity index (χ4n) is 11.4. The Kier molecular flexibility index (Phi) is 57.4. The number of rotatable bonds is 71. The van der Waals surface area contributed by atoms with Gasteiger partial charge in [0, 0.05) is 98.4 Å². The Hall–Kier alpha value is -4.80. The summed E-state index contributed by atoms with van der Waals surface area (Å²) in [6.07, 6.45) is -16.8. The van der Waals surface area contributed by atoms with Crippen LogP contribution in [0.15, 0.2) is 0 Å². The molecule has 3 heterocycles. The summed E-state index contributed by atoms with van der Waals surface area (Å²) in [6.45, 7) is 7.76. The third kappa shape index (κ3) is 46.5. The molecular weight excluding hydrogens is 1540 g/mol. The van der Waals surface area contributed by atoms with Gasteiger partial charge in [0.15, 0.2) is 18.9 Å². The molecule has 3 fully saturated rings. The van der Waals surface area contributed by atoms with Crippen LogP contribution in [0.25, 0.3) is 0 Å². The third-order valence-electron chi connectivity index (χ3n) is 17.4. The average Bonchev–Trinajstić information content (AvgIpc) is 0.831. The fraction of sp³-hybridized carbons (Fsp3) is 0.890. The number of Topliss-reactive ketones (excluding diaryl/α,β-unsaturated/α-hetero) is 3. The summed E-state index contributed by atoms with van der Waals surface area (Å²) in [4.78, 5) is 101. The Morgan fingerprint density at radius 2 is 0.713 bits per heavy atom. The highest BCUT2D eigenvalue weighted by atomic mass is 16.7. The Morgan fingerprint density at radius 3 is 1.08 bits per heavy atom. The van der Waals surface area contributed by atoms with Crippen LogP contribution >= 0.6 is 0 Å². The number of hydrogen-bond acceptors (Lipinski definition) is 37. The third-order valence-corrected chi connectivity index (χ3v) is 17.4. The van der Waals surface area contributed by atoms with Gasteiger partial charge >= 0.3 is 0 Å². The molecule has 115 heavy (non-hydrogen) atoms. The molecule has 5 amide bonds. The van der Waals surface area contributed by atoms with E-state index < -0.39 is 159 Å². The van der Waals surface area contributed by atoms with E-state index in [1.54, 1.807) is 13.8 Å². The number of ether oxygens (including phenoxy) is 19. The maximum Gasteiger partial charge on any atom is 0.222 e. The van der Waals surface area contributed by atoms with Crippen LogP contribution in [0.1, 0.15) is 98.8 Å². The van der Waals surface area contributed by atoms with E-state index in [0.717, 1.165) is 0 Å². The Labute approximate surface area is 670 Å². The van der Waals surface area contributed by atoms with Crippen molar-refractivity contribution in [2.45, 2.75) is 209 Å². The van der Waals surface area contributed by atoms with E-state index in [1.165, 1.54) is 20.8 Å². The molecule has 17 atom stereocenters. The van der Waals surface area contributed by atoms with Gasteiger partial charge in [0.1, 0.15) is 96.0 Å². The van der Waals surface area contributed by atoms with E-state index in [4.69, 9.17) is 90.0 Å². The van der Waals surface area contributed by atoms with Gasteiger partial charge in [-0.3, -0.25) is 38.4 Å². The number of amides is 5. The van der Waals surface area contributed by atoms with Crippen LogP contribution in [0, 0.1) is 0 Å². The van der Waals surface area contributed by atoms with Crippen LogP contribution in [0.4, 0.5) is 0 Å². The fourth-order valence-corrected chi connectivity index (χ4v) is 11.4. The van der Waals surface area contributed by atoms with Gasteiger partial charge in [-0.2, -0.15) is 0 Å². The van der Waals surface area contributed by atoms with E-state index >= 15 is 0 Å². The molecular formula is C73H131N5O37. The van der Waals surface area contributed by atoms with E-state index in [2.05, 4.69) is 26.6 Å². The molecule has 0 bridgehead atoms. The molecule has 0 aromatic heterocycles. The summed E-state index contributed by atoms with van der Waals surface area (Å²) in [5.41, 5.74) is -1.59. The second-order valence-electron chi connectivity index (χ2n) is 27.5. The van der Waals surface area contributed by atoms with Crippen molar-refractivity contribution in [3.63, 3.8) is 0 Å². The molecule has 670 valence electrons. The summed E-state index contributed by atoms with van der Waals surface area (Å²) >= 11 is 0. The number of aliphatic hydroxyl groups excluding tert-OH is 10. The van der Waals surface area contributed by atoms with E-state index in [1.807, 2.05) is 0 Å². The van der Waals surface area contributed by atoms with Crippen molar-refractivity contribution >= 4 is 46.9 Å². The van der Waals surface area contributed by atoms with Crippen molar-refractivity contribution < 1.29 is 179 Å². The molecule has 0 aromatic carbocycles. The number of carbonyl (C=O) groups excluding carboxylic acids is 8. The SMILES string of the molecule is CC(=O)NC1[C@H](OCCOCCOCCOCCCC(=O)CCOCC(COCCC(=O)NCCOCCOCCOCCO[C@@H]2OC(CO)[C@H](O)[C@H](O)C2NC(C)=O)(CC(=O)CCC(=O)NCC(O)COC(C)C)OCCC(=O)CCCOCCOCCOCCO[C@@H]2OC(CO)[C@H](O)[C@H](O)C2NC(C)=O)OC(CO)[C@H](O)[C@@H]1O. The number of nitrogens with one attached hydrogen (secondary N) is 5.